The Morgan fingerprint density at radius 3 is 2.84 bits per heavy atom. The molecule has 3 heterocycles. The van der Waals surface area contributed by atoms with Gasteiger partial charge in [0, 0.05) is 17.8 Å². The number of nitrogens with one attached hydrogen (secondary N) is 1. The Kier molecular flexibility index (Phi) is 5.88. The number of aromatic nitrogens is 2. The molecular weight excluding hydrogens is 354 g/mol. The van der Waals surface area contributed by atoms with Crippen LogP contribution in [0.15, 0.2) is 5.16 Å². The first kappa shape index (κ1) is 18.9. The summed E-state index contributed by atoms with van der Waals surface area (Å²) in [5.74, 6) is 1.79. The summed E-state index contributed by atoms with van der Waals surface area (Å²) < 4.78 is 6.10. The molecule has 0 bridgehead atoms. The monoisotopic (exact) mass is 381 g/mol. The average molecular weight is 382 g/mol. The normalized spacial score (nSPS) is 21.3. The van der Waals surface area contributed by atoms with E-state index in [1.807, 2.05) is 6.92 Å². The van der Waals surface area contributed by atoms with Gasteiger partial charge in [-0.2, -0.15) is 0 Å². The first-order valence-electron chi connectivity index (χ1n) is 9.00. The molecule has 2 atom stereocenters. The van der Waals surface area contributed by atoms with Gasteiger partial charge in [-0.25, -0.2) is 9.97 Å². The lowest BCUT2D eigenvalue weighted by Gasteiger charge is -2.33. The van der Waals surface area contributed by atoms with E-state index in [0.29, 0.717) is 13.2 Å². The lowest BCUT2D eigenvalue weighted by atomic mass is 9.90. The Balaban J connectivity index is 2.05. The molecule has 7 heteroatoms. The zero-order valence-electron chi connectivity index (χ0n) is 15.4. The van der Waals surface area contributed by atoms with E-state index in [1.165, 1.54) is 10.4 Å². The molecule has 0 aromatic carbocycles. The number of thiophene rings is 1. The fourth-order valence-electron chi connectivity index (χ4n) is 2.96. The summed E-state index contributed by atoms with van der Waals surface area (Å²) in [6, 6.07) is 0. The van der Waals surface area contributed by atoms with Crippen molar-refractivity contribution in [2.24, 2.45) is 0 Å². The highest BCUT2D eigenvalue weighted by Gasteiger charge is 2.33. The largest absolute Gasteiger partial charge is 0.391 e. The molecule has 0 saturated carbocycles. The molecule has 0 aliphatic carbocycles. The number of ether oxygens (including phenoxy) is 1. The van der Waals surface area contributed by atoms with Crippen LogP contribution in [0.5, 0.6) is 0 Å². The molecule has 3 rings (SSSR count). The summed E-state index contributed by atoms with van der Waals surface area (Å²) in [6.07, 6.45) is 2.21. The standard InChI is InChI=1S/C18H27N3O2S2/c1-5-11(22)9-19-15-14-12-8-18(4,6-2)23-10-13(12)25-16(14)21-17(20-15)24-7-3/h11,22H,5-10H2,1-4H3,(H,19,20,21)/t11-,18+/m0/s1. The Hall–Kier alpha value is -0.890. The second-order valence-corrected chi connectivity index (χ2v) is 9.00. The zero-order chi connectivity index (χ0) is 18.0. The highest BCUT2D eigenvalue weighted by Crippen LogP contribution is 2.42. The number of aliphatic hydroxyl groups excluding tert-OH is 1. The van der Waals surface area contributed by atoms with Crippen LogP contribution in [0.25, 0.3) is 10.2 Å². The predicted molar refractivity (Wildman–Crippen MR) is 106 cm³/mol. The van der Waals surface area contributed by atoms with Gasteiger partial charge in [0.2, 0.25) is 0 Å². The number of fused-ring (bicyclic) bond motifs is 3. The Morgan fingerprint density at radius 2 is 2.16 bits per heavy atom. The fourth-order valence-corrected chi connectivity index (χ4v) is 4.69. The lowest BCUT2D eigenvalue weighted by molar-refractivity contribution is -0.0542. The van der Waals surface area contributed by atoms with E-state index in [0.717, 1.165) is 46.2 Å². The van der Waals surface area contributed by atoms with Crippen molar-refractivity contribution in [2.45, 2.75) is 70.4 Å². The molecule has 5 nitrogen and oxygen atoms in total. The molecule has 0 saturated heterocycles. The fraction of sp³-hybridized carbons (Fsp3) is 0.667. The third-order valence-corrected chi connectivity index (χ3v) is 6.64. The smallest absolute Gasteiger partial charge is 0.190 e. The highest BCUT2D eigenvalue weighted by molar-refractivity contribution is 7.99. The van der Waals surface area contributed by atoms with Gasteiger partial charge in [-0.15, -0.1) is 11.3 Å². The predicted octanol–water partition coefficient (Wildman–Crippen LogP) is 4.23. The molecule has 0 spiro atoms. The van der Waals surface area contributed by atoms with Crippen LogP contribution in [0.1, 0.15) is 51.0 Å². The van der Waals surface area contributed by atoms with Gasteiger partial charge in [0.15, 0.2) is 5.16 Å². The molecule has 2 N–H and O–H groups in total. The van der Waals surface area contributed by atoms with Crippen LogP contribution in [-0.4, -0.2) is 39.1 Å². The second kappa shape index (κ2) is 7.78. The second-order valence-electron chi connectivity index (χ2n) is 6.68. The SMILES string of the molecule is CCSc1nc(NC[C@@H](O)CC)c2c3c(sc2n1)CO[C@](C)(CC)C3. The van der Waals surface area contributed by atoms with Gasteiger partial charge < -0.3 is 15.2 Å². The molecule has 25 heavy (non-hydrogen) atoms. The van der Waals surface area contributed by atoms with Crippen molar-refractivity contribution in [3.8, 4) is 0 Å². The van der Waals surface area contributed by atoms with Crippen LogP contribution in [0.4, 0.5) is 5.82 Å². The van der Waals surface area contributed by atoms with Gasteiger partial charge in [-0.1, -0.05) is 32.5 Å². The third kappa shape index (κ3) is 3.94. The van der Waals surface area contributed by atoms with Gasteiger partial charge in [-0.3, -0.25) is 0 Å². The van der Waals surface area contributed by atoms with Gasteiger partial charge in [0.25, 0.3) is 0 Å². The summed E-state index contributed by atoms with van der Waals surface area (Å²) >= 11 is 3.36. The Morgan fingerprint density at radius 1 is 1.36 bits per heavy atom. The summed E-state index contributed by atoms with van der Waals surface area (Å²) in [5.41, 5.74) is 1.19. The van der Waals surface area contributed by atoms with Crippen molar-refractivity contribution in [3.05, 3.63) is 10.4 Å². The number of aliphatic hydroxyl groups is 1. The van der Waals surface area contributed by atoms with Crippen LogP contribution >= 0.6 is 23.1 Å². The summed E-state index contributed by atoms with van der Waals surface area (Å²) in [7, 11) is 0. The quantitative estimate of drug-likeness (QED) is 0.553. The zero-order valence-corrected chi connectivity index (χ0v) is 17.0. The molecule has 1 aliphatic heterocycles. The molecule has 2 aromatic heterocycles. The molecule has 2 aromatic rings. The summed E-state index contributed by atoms with van der Waals surface area (Å²) in [4.78, 5) is 11.8. The molecule has 0 fully saturated rings. The van der Waals surface area contributed by atoms with Crippen LogP contribution in [0.3, 0.4) is 0 Å². The minimum Gasteiger partial charge on any atom is -0.391 e. The van der Waals surface area contributed by atoms with E-state index in [4.69, 9.17) is 14.7 Å². The molecule has 0 amide bonds. The van der Waals surface area contributed by atoms with E-state index >= 15 is 0 Å². The minimum atomic E-state index is -0.369. The van der Waals surface area contributed by atoms with Gasteiger partial charge >= 0.3 is 0 Å². The van der Waals surface area contributed by atoms with Crippen molar-refractivity contribution in [1.29, 1.82) is 0 Å². The molecule has 1 aliphatic rings. The number of hydrogen-bond donors (Lipinski definition) is 2. The number of anilines is 1. The Labute approximate surface area is 157 Å². The van der Waals surface area contributed by atoms with E-state index in [1.54, 1.807) is 23.1 Å². The Bertz CT molecular complexity index is 749. The highest BCUT2D eigenvalue weighted by atomic mass is 32.2. The first-order chi connectivity index (χ1) is 12.0. The van der Waals surface area contributed by atoms with E-state index < -0.39 is 0 Å². The van der Waals surface area contributed by atoms with Crippen molar-refractivity contribution in [1.82, 2.24) is 9.97 Å². The number of hydrogen-bond acceptors (Lipinski definition) is 7. The third-order valence-electron chi connectivity index (χ3n) is 4.81. The number of thioether (sulfide) groups is 1. The lowest BCUT2D eigenvalue weighted by Crippen LogP contribution is -2.34. The molecule has 0 unspecified atom stereocenters. The molecular formula is C18H27N3O2S2. The van der Waals surface area contributed by atoms with Gasteiger partial charge in [0.05, 0.1) is 23.7 Å². The van der Waals surface area contributed by atoms with Crippen LogP contribution < -0.4 is 5.32 Å². The van der Waals surface area contributed by atoms with Gasteiger partial charge in [-0.05, 0) is 31.1 Å². The molecule has 0 radical (unpaired) electrons. The maximum Gasteiger partial charge on any atom is 0.190 e. The van der Waals surface area contributed by atoms with E-state index in [2.05, 4.69) is 26.1 Å². The maximum absolute atomic E-state index is 9.95. The summed E-state index contributed by atoms with van der Waals surface area (Å²) in [5, 5.41) is 15.2. The van der Waals surface area contributed by atoms with Crippen molar-refractivity contribution >= 4 is 39.1 Å². The maximum atomic E-state index is 9.95. The van der Waals surface area contributed by atoms with Crippen molar-refractivity contribution < 1.29 is 9.84 Å². The molecule has 138 valence electrons. The number of nitrogens with zero attached hydrogens (tertiary/aromatic N) is 2. The van der Waals surface area contributed by atoms with Crippen molar-refractivity contribution in [2.75, 3.05) is 17.6 Å². The van der Waals surface area contributed by atoms with Crippen LogP contribution in [0, 0.1) is 0 Å². The van der Waals surface area contributed by atoms with Gasteiger partial charge in [0.1, 0.15) is 10.6 Å². The average Bonchev–Trinajstić information content (AvgIpc) is 2.97. The summed E-state index contributed by atoms with van der Waals surface area (Å²) in [6.45, 7) is 9.58. The van der Waals surface area contributed by atoms with Crippen LogP contribution in [-0.2, 0) is 17.8 Å². The van der Waals surface area contributed by atoms with E-state index in [9.17, 15) is 5.11 Å². The van der Waals surface area contributed by atoms with Crippen LogP contribution in [0.2, 0.25) is 0 Å². The first-order valence-corrected chi connectivity index (χ1v) is 10.8. The minimum absolute atomic E-state index is 0.127. The number of rotatable bonds is 7. The van der Waals surface area contributed by atoms with Crippen molar-refractivity contribution in [3.63, 3.8) is 0 Å². The topological polar surface area (TPSA) is 67.3 Å². The van der Waals surface area contributed by atoms with E-state index in [-0.39, 0.29) is 11.7 Å².